The van der Waals surface area contributed by atoms with Gasteiger partial charge in [0, 0.05) is 0 Å². The molecule has 0 saturated carbocycles. The first-order chi connectivity index (χ1) is 6.63. The fourth-order valence-electron chi connectivity index (χ4n) is 0.864. The van der Waals surface area contributed by atoms with Crippen LogP contribution in [-0.2, 0) is 9.53 Å². The van der Waals surface area contributed by atoms with Gasteiger partial charge in [-0.25, -0.2) is 0 Å². The first-order valence-electron chi connectivity index (χ1n) is 4.48. The SMILES string of the molecule is C=C/C(O)=C\C(=C/C)CC(=O)OCC. The van der Waals surface area contributed by atoms with Crippen LogP contribution in [0, 0.1) is 0 Å². The van der Waals surface area contributed by atoms with E-state index < -0.39 is 0 Å². The van der Waals surface area contributed by atoms with E-state index in [0.717, 1.165) is 0 Å². The molecule has 0 aliphatic carbocycles. The molecule has 0 radical (unpaired) electrons. The average molecular weight is 196 g/mol. The Hall–Kier alpha value is -1.51. The summed E-state index contributed by atoms with van der Waals surface area (Å²) in [6, 6.07) is 0. The number of ether oxygens (including phenoxy) is 1. The van der Waals surface area contributed by atoms with E-state index in [1.807, 2.05) is 0 Å². The Morgan fingerprint density at radius 2 is 2.21 bits per heavy atom. The zero-order chi connectivity index (χ0) is 11.0. The van der Waals surface area contributed by atoms with Crippen molar-refractivity contribution in [1.82, 2.24) is 0 Å². The van der Waals surface area contributed by atoms with E-state index in [4.69, 9.17) is 9.84 Å². The molecule has 1 N–H and O–H groups in total. The van der Waals surface area contributed by atoms with Crippen LogP contribution in [0.1, 0.15) is 20.3 Å². The van der Waals surface area contributed by atoms with Crippen LogP contribution in [-0.4, -0.2) is 17.7 Å². The molecule has 0 atom stereocenters. The van der Waals surface area contributed by atoms with E-state index in [-0.39, 0.29) is 18.1 Å². The Morgan fingerprint density at radius 3 is 2.64 bits per heavy atom. The van der Waals surface area contributed by atoms with Gasteiger partial charge in [0.25, 0.3) is 0 Å². The molecule has 0 spiro atoms. The molecule has 0 heterocycles. The Bertz CT molecular complexity index is 262. The predicted molar refractivity (Wildman–Crippen MR) is 55.9 cm³/mol. The van der Waals surface area contributed by atoms with Crippen LogP contribution in [0.3, 0.4) is 0 Å². The van der Waals surface area contributed by atoms with Crippen molar-refractivity contribution in [1.29, 1.82) is 0 Å². The topological polar surface area (TPSA) is 46.5 Å². The normalized spacial score (nSPS) is 12.4. The zero-order valence-corrected chi connectivity index (χ0v) is 8.62. The Morgan fingerprint density at radius 1 is 1.57 bits per heavy atom. The van der Waals surface area contributed by atoms with Crippen LogP contribution < -0.4 is 0 Å². The highest BCUT2D eigenvalue weighted by atomic mass is 16.5. The molecular weight excluding hydrogens is 180 g/mol. The van der Waals surface area contributed by atoms with Gasteiger partial charge in [0.1, 0.15) is 5.76 Å². The first-order valence-corrected chi connectivity index (χ1v) is 4.48. The van der Waals surface area contributed by atoms with Gasteiger partial charge in [-0.1, -0.05) is 12.7 Å². The summed E-state index contributed by atoms with van der Waals surface area (Å²) in [7, 11) is 0. The number of hydrogen-bond donors (Lipinski definition) is 1. The highest BCUT2D eigenvalue weighted by Crippen LogP contribution is 2.07. The van der Waals surface area contributed by atoms with Crippen molar-refractivity contribution in [2.45, 2.75) is 20.3 Å². The molecule has 0 aromatic rings. The van der Waals surface area contributed by atoms with Crippen molar-refractivity contribution in [2.24, 2.45) is 0 Å². The van der Waals surface area contributed by atoms with E-state index >= 15 is 0 Å². The summed E-state index contributed by atoms with van der Waals surface area (Å²) in [6.45, 7) is 7.32. The van der Waals surface area contributed by atoms with Crippen LogP contribution in [0.4, 0.5) is 0 Å². The first kappa shape index (κ1) is 12.5. The number of aliphatic hydroxyl groups is 1. The number of rotatable bonds is 5. The standard InChI is InChI=1S/C11H16O3/c1-4-9(7-10(12)5-2)8-11(13)14-6-3/h4-5,7,12H,2,6,8H2,1,3H3/b9-4+,10-7+. The summed E-state index contributed by atoms with van der Waals surface area (Å²) < 4.78 is 4.77. The monoisotopic (exact) mass is 196 g/mol. The second-order valence-electron chi connectivity index (χ2n) is 2.62. The fourth-order valence-corrected chi connectivity index (χ4v) is 0.864. The molecule has 0 aliphatic heterocycles. The quantitative estimate of drug-likeness (QED) is 0.417. The molecule has 14 heavy (non-hydrogen) atoms. The van der Waals surface area contributed by atoms with Crippen LogP contribution in [0.15, 0.2) is 36.1 Å². The smallest absolute Gasteiger partial charge is 0.310 e. The van der Waals surface area contributed by atoms with E-state index in [1.165, 1.54) is 12.2 Å². The lowest BCUT2D eigenvalue weighted by molar-refractivity contribution is -0.142. The molecular formula is C11H16O3. The van der Waals surface area contributed by atoms with Gasteiger partial charge >= 0.3 is 5.97 Å². The number of allylic oxidation sites excluding steroid dienone is 3. The number of carbonyl (C=O) groups excluding carboxylic acids is 1. The minimum Gasteiger partial charge on any atom is -0.508 e. The number of carbonyl (C=O) groups is 1. The maximum Gasteiger partial charge on any atom is 0.310 e. The van der Waals surface area contributed by atoms with E-state index in [9.17, 15) is 4.79 Å². The van der Waals surface area contributed by atoms with Gasteiger partial charge in [0.05, 0.1) is 13.0 Å². The van der Waals surface area contributed by atoms with Crippen LogP contribution >= 0.6 is 0 Å². The largest absolute Gasteiger partial charge is 0.508 e. The van der Waals surface area contributed by atoms with Crippen molar-refractivity contribution >= 4 is 5.97 Å². The summed E-state index contributed by atoms with van der Waals surface area (Å²) >= 11 is 0. The summed E-state index contributed by atoms with van der Waals surface area (Å²) in [5.41, 5.74) is 0.709. The lowest BCUT2D eigenvalue weighted by atomic mass is 10.1. The van der Waals surface area contributed by atoms with E-state index in [1.54, 1.807) is 19.9 Å². The van der Waals surface area contributed by atoms with Gasteiger partial charge in [0.15, 0.2) is 0 Å². The minimum atomic E-state index is -0.297. The highest BCUT2D eigenvalue weighted by Gasteiger charge is 2.04. The van der Waals surface area contributed by atoms with Gasteiger partial charge in [-0.05, 0) is 31.6 Å². The second kappa shape index (κ2) is 6.95. The summed E-state index contributed by atoms with van der Waals surface area (Å²) in [5, 5.41) is 9.15. The molecule has 0 bridgehead atoms. The van der Waals surface area contributed by atoms with Gasteiger partial charge in [0.2, 0.25) is 0 Å². The maximum absolute atomic E-state index is 11.1. The molecule has 0 aliphatic rings. The van der Waals surface area contributed by atoms with Crippen molar-refractivity contribution in [2.75, 3.05) is 6.61 Å². The van der Waals surface area contributed by atoms with Gasteiger partial charge in [-0.2, -0.15) is 0 Å². The second-order valence-corrected chi connectivity index (χ2v) is 2.62. The lowest BCUT2D eigenvalue weighted by Gasteiger charge is -2.02. The molecule has 0 unspecified atom stereocenters. The molecule has 0 aromatic carbocycles. The predicted octanol–water partition coefficient (Wildman–Crippen LogP) is 2.51. The Labute approximate surface area is 84.4 Å². The highest BCUT2D eigenvalue weighted by molar-refractivity contribution is 5.73. The zero-order valence-electron chi connectivity index (χ0n) is 8.62. The number of aliphatic hydroxyl groups excluding tert-OH is 1. The minimum absolute atomic E-state index is 0.0439. The maximum atomic E-state index is 11.1. The summed E-state index contributed by atoms with van der Waals surface area (Å²) in [4.78, 5) is 11.1. The van der Waals surface area contributed by atoms with Crippen molar-refractivity contribution in [3.8, 4) is 0 Å². The average Bonchev–Trinajstić information content (AvgIpc) is 2.16. The van der Waals surface area contributed by atoms with Crippen molar-refractivity contribution in [3.63, 3.8) is 0 Å². The summed E-state index contributed by atoms with van der Waals surface area (Å²) in [6.07, 6.45) is 4.72. The molecule has 78 valence electrons. The van der Waals surface area contributed by atoms with Crippen LogP contribution in [0.25, 0.3) is 0 Å². The van der Waals surface area contributed by atoms with Gasteiger partial charge in [-0.3, -0.25) is 4.79 Å². The van der Waals surface area contributed by atoms with Crippen LogP contribution in [0.5, 0.6) is 0 Å². The molecule has 3 heteroatoms. The van der Waals surface area contributed by atoms with E-state index in [0.29, 0.717) is 12.2 Å². The van der Waals surface area contributed by atoms with E-state index in [2.05, 4.69) is 6.58 Å². The third-order valence-electron chi connectivity index (χ3n) is 1.57. The number of esters is 1. The molecule has 0 amide bonds. The lowest BCUT2D eigenvalue weighted by Crippen LogP contribution is -2.04. The number of hydrogen-bond acceptors (Lipinski definition) is 3. The van der Waals surface area contributed by atoms with Crippen molar-refractivity contribution in [3.05, 3.63) is 36.1 Å². The molecule has 3 nitrogen and oxygen atoms in total. The summed E-state index contributed by atoms with van der Waals surface area (Å²) in [5.74, 6) is -0.254. The molecule has 0 saturated heterocycles. The van der Waals surface area contributed by atoms with Crippen molar-refractivity contribution < 1.29 is 14.6 Å². The fraction of sp³-hybridized carbons (Fsp3) is 0.364. The third-order valence-corrected chi connectivity index (χ3v) is 1.57. The molecule has 0 aromatic heterocycles. The molecule has 0 fully saturated rings. The Kier molecular flexibility index (Phi) is 6.20. The van der Waals surface area contributed by atoms with Gasteiger partial charge in [-0.15, -0.1) is 0 Å². The third kappa shape index (κ3) is 5.19. The van der Waals surface area contributed by atoms with Crippen LogP contribution in [0.2, 0.25) is 0 Å². The van der Waals surface area contributed by atoms with Gasteiger partial charge < -0.3 is 9.84 Å². The molecule has 0 rings (SSSR count). The Balaban J connectivity index is 4.32.